The van der Waals surface area contributed by atoms with Crippen molar-refractivity contribution < 1.29 is 14.7 Å². The summed E-state index contributed by atoms with van der Waals surface area (Å²) in [7, 11) is 2.02. The number of likely N-dealkylation sites (tertiary alicyclic amines) is 1. The number of hydrogen-bond donors (Lipinski definition) is 1. The number of fused-ring (bicyclic) bond motifs is 1. The zero-order chi connectivity index (χ0) is 19.7. The second-order valence-corrected chi connectivity index (χ2v) is 8.45. The lowest BCUT2D eigenvalue weighted by Gasteiger charge is -2.39. The Morgan fingerprint density at radius 3 is 2.61 bits per heavy atom. The largest absolute Gasteiger partial charge is 0.481 e. The first-order valence-corrected chi connectivity index (χ1v) is 10.4. The van der Waals surface area contributed by atoms with Gasteiger partial charge in [-0.25, -0.2) is 4.98 Å². The van der Waals surface area contributed by atoms with Crippen molar-refractivity contribution in [2.24, 2.45) is 24.8 Å². The van der Waals surface area contributed by atoms with Crippen molar-refractivity contribution >= 4 is 22.9 Å². The van der Waals surface area contributed by atoms with Gasteiger partial charge in [0.25, 0.3) is 0 Å². The van der Waals surface area contributed by atoms with E-state index >= 15 is 0 Å². The van der Waals surface area contributed by atoms with Gasteiger partial charge < -0.3 is 14.6 Å². The molecule has 1 N–H and O–H groups in total. The van der Waals surface area contributed by atoms with Crippen LogP contribution in [0.15, 0.2) is 24.3 Å². The van der Waals surface area contributed by atoms with Gasteiger partial charge in [0, 0.05) is 38.9 Å². The topological polar surface area (TPSA) is 75.4 Å². The zero-order valence-corrected chi connectivity index (χ0v) is 16.5. The van der Waals surface area contributed by atoms with E-state index in [9.17, 15) is 14.7 Å². The Bertz CT molecular complexity index is 869. The molecule has 1 aromatic heterocycles. The van der Waals surface area contributed by atoms with E-state index in [2.05, 4.69) is 10.6 Å². The zero-order valence-electron chi connectivity index (χ0n) is 16.5. The van der Waals surface area contributed by atoms with Crippen LogP contribution in [0.1, 0.15) is 44.3 Å². The summed E-state index contributed by atoms with van der Waals surface area (Å²) in [6.07, 6.45) is 5.94. The molecule has 1 aliphatic heterocycles. The minimum atomic E-state index is -0.754. The van der Waals surface area contributed by atoms with Gasteiger partial charge in [-0.2, -0.15) is 0 Å². The van der Waals surface area contributed by atoms with Crippen molar-refractivity contribution in [2.45, 2.75) is 44.9 Å². The Kier molecular flexibility index (Phi) is 5.38. The predicted molar refractivity (Wildman–Crippen MR) is 107 cm³/mol. The fourth-order valence-corrected chi connectivity index (χ4v) is 5.05. The van der Waals surface area contributed by atoms with Gasteiger partial charge in [-0.1, -0.05) is 25.0 Å². The molecule has 1 saturated carbocycles. The molecule has 1 aliphatic carbocycles. The molecule has 2 aliphatic rings. The van der Waals surface area contributed by atoms with Gasteiger partial charge in [-0.3, -0.25) is 9.59 Å². The van der Waals surface area contributed by atoms with Crippen LogP contribution < -0.4 is 0 Å². The number of amides is 1. The summed E-state index contributed by atoms with van der Waals surface area (Å²) in [4.78, 5) is 31.1. The monoisotopic (exact) mass is 383 g/mol. The van der Waals surface area contributed by atoms with E-state index < -0.39 is 5.97 Å². The lowest BCUT2D eigenvalue weighted by molar-refractivity contribution is -0.141. The van der Waals surface area contributed by atoms with Gasteiger partial charge in [-0.15, -0.1) is 0 Å². The highest BCUT2D eigenvalue weighted by Crippen LogP contribution is 2.33. The predicted octanol–water partition coefficient (Wildman–Crippen LogP) is 3.25. The number of para-hydroxylation sites is 2. The number of piperidine rings is 1. The van der Waals surface area contributed by atoms with E-state index in [0.29, 0.717) is 19.5 Å². The van der Waals surface area contributed by atoms with Crippen LogP contribution in [0.4, 0.5) is 0 Å². The number of benzene rings is 1. The van der Waals surface area contributed by atoms with E-state index in [-0.39, 0.29) is 30.1 Å². The Morgan fingerprint density at radius 2 is 1.89 bits per heavy atom. The molecule has 1 aromatic carbocycles. The van der Waals surface area contributed by atoms with Gasteiger partial charge in [-0.05, 0) is 43.2 Å². The standard InChI is InChI=1S/C22H29N3O3/c1-24-19-9-5-4-8-18(19)23-20(24)12-17-14-25(11-10-16(17)13-21(26)27)22(28)15-6-2-3-7-15/h4-5,8-9,15-17H,2-3,6-7,10-14H2,1H3,(H,26,27)/t16-,17-/m0/s1. The number of hydrogen-bond acceptors (Lipinski definition) is 3. The van der Waals surface area contributed by atoms with Crippen LogP contribution in [0.5, 0.6) is 0 Å². The molecule has 6 nitrogen and oxygen atoms in total. The Balaban J connectivity index is 1.54. The highest BCUT2D eigenvalue weighted by molar-refractivity contribution is 5.79. The number of imidazole rings is 1. The van der Waals surface area contributed by atoms with E-state index in [1.807, 2.05) is 30.1 Å². The van der Waals surface area contributed by atoms with E-state index in [1.54, 1.807) is 0 Å². The molecule has 150 valence electrons. The maximum atomic E-state index is 12.9. The molecule has 0 bridgehead atoms. The number of carbonyl (C=O) groups is 2. The maximum absolute atomic E-state index is 12.9. The summed E-state index contributed by atoms with van der Waals surface area (Å²) >= 11 is 0. The number of carbonyl (C=O) groups excluding carboxylic acids is 1. The number of nitrogens with zero attached hydrogens (tertiary/aromatic N) is 3. The average molecular weight is 383 g/mol. The second kappa shape index (κ2) is 7.94. The molecule has 2 atom stereocenters. The van der Waals surface area contributed by atoms with Gasteiger partial charge in [0.2, 0.25) is 5.91 Å². The molecule has 2 heterocycles. The molecular formula is C22H29N3O3. The number of carboxylic acid groups (broad SMARTS) is 1. The number of rotatable bonds is 5. The van der Waals surface area contributed by atoms with Crippen molar-refractivity contribution in [1.82, 2.24) is 14.5 Å². The third kappa shape index (κ3) is 3.77. The lowest BCUT2D eigenvalue weighted by atomic mass is 9.80. The molecule has 28 heavy (non-hydrogen) atoms. The van der Waals surface area contributed by atoms with E-state index in [1.165, 1.54) is 0 Å². The highest BCUT2D eigenvalue weighted by atomic mass is 16.4. The molecular weight excluding hydrogens is 354 g/mol. The smallest absolute Gasteiger partial charge is 0.303 e. The van der Waals surface area contributed by atoms with Crippen molar-refractivity contribution in [3.05, 3.63) is 30.1 Å². The number of aliphatic carboxylic acids is 1. The van der Waals surface area contributed by atoms with Crippen molar-refractivity contribution in [1.29, 1.82) is 0 Å². The number of aromatic nitrogens is 2. The Hall–Kier alpha value is -2.37. The first-order valence-electron chi connectivity index (χ1n) is 10.4. The average Bonchev–Trinajstić information content (AvgIpc) is 3.32. The summed E-state index contributed by atoms with van der Waals surface area (Å²) in [5, 5.41) is 9.36. The lowest BCUT2D eigenvalue weighted by Crippen LogP contribution is -2.47. The third-order valence-electron chi connectivity index (χ3n) is 6.67. The molecule has 0 radical (unpaired) electrons. The quantitative estimate of drug-likeness (QED) is 0.860. The van der Waals surface area contributed by atoms with E-state index in [0.717, 1.165) is 49.0 Å². The number of aryl methyl sites for hydroxylation is 1. The van der Waals surface area contributed by atoms with Crippen LogP contribution in [0.3, 0.4) is 0 Å². The summed E-state index contributed by atoms with van der Waals surface area (Å²) in [6, 6.07) is 8.04. The van der Waals surface area contributed by atoms with Crippen LogP contribution >= 0.6 is 0 Å². The summed E-state index contributed by atoms with van der Waals surface area (Å²) in [5.74, 6) is 0.886. The van der Waals surface area contributed by atoms with Crippen LogP contribution in [0.2, 0.25) is 0 Å². The van der Waals surface area contributed by atoms with Gasteiger partial charge >= 0.3 is 5.97 Å². The second-order valence-electron chi connectivity index (χ2n) is 8.45. The first kappa shape index (κ1) is 19.0. The van der Waals surface area contributed by atoms with Crippen LogP contribution in [-0.4, -0.2) is 44.5 Å². The molecule has 6 heteroatoms. The molecule has 2 fully saturated rings. The molecule has 1 amide bonds. The SMILES string of the molecule is Cn1c(C[C@H]2CN(C(=O)C3CCCC3)CC[C@H]2CC(=O)O)nc2ccccc21. The molecule has 1 saturated heterocycles. The summed E-state index contributed by atoms with van der Waals surface area (Å²) < 4.78 is 2.10. The molecule has 4 rings (SSSR count). The van der Waals surface area contributed by atoms with Gasteiger partial charge in [0.15, 0.2) is 0 Å². The third-order valence-corrected chi connectivity index (χ3v) is 6.67. The summed E-state index contributed by atoms with van der Waals surface area (Å²) in [5.41, 5.74) is 2.05. The first-order chi connectivity index (χ1) is 13.5. The fourth-order valence-electron chi connectivity index (χ4n) is 5.05. The van der Waals surface area contributed by atoms with Crippen LogP contribution in [0, 0.1) is 17.8 Å². The maximum Gasteiger partial charge on any atom is 0.303 e. The van der Waals surface area contributed by atoms with Crippen molar-refractivity contribution in [3.63, 3.8) is 0 Å². The Labute approximate surface area is 165 Å². The Morgan fingerprint density at radius 1 is 1.14 bits per heavy atom. The van der Waals surface area contributed by atoms with Crippen molar-refractivity contribution in [2.75, 3.05) is 13.1 Å². The minimum absolute atomic E-state index is 0.0879. The fraction of sp³-hybridized carbons (Fsp3) is 0.591. The van der Waals surface area contributed by atoms with Crippen LogP contribution in [0.25, 0.3) is 11.0 Å². The van der Waals surface area contributed by atoms with E-state index in [4.69, 9.17) is 4.98 Å². The molecule has 0 spiro atoms. The molecule has 2 aromatic rings. The number of carboxylic acids is 1. The normalized spacial score (nSPS) is 23.4. The molecule has 0 unspecified atom stereocenters. The minimum Gasteiger partial charge on any atom is -0.481 e. The van der Waals surface area contributed by atoms with Gasteiger partial charge in [0.05, 0.1) is 11.0 Å². The van der Waals surface area contributed by atoms with Gasteiger partial charge in [0.1, 0.15) is 5.82 Å². The van der Waals surface area contributed by atoms with Crippen molar-refractivity contribution in [3.8, 4) is 0 Å². The van der Waals surface area contributed by atoms with Crippen LogP contribution in [-0.2, 0) is 23.1 Å². The summed E-state index contributed by atoms with van der Waals surface area (Å²) in [6.45, 7) is 1.34. The highest BCUT2D eigenvalue weighted by Gasteiger charge is 2.36.